The van der Waals surface area contributed by atoms with Crippen molar-refractivity contribution >= 4 is 34.7 Å². The standard InChI is InChI=1S/C22H23ClN2O4S/c1-14-10-18(15(2)25(14)9-8-16-4-6-17(23)7-5-16)20(26)11-29-22(27)19-13-30-21(24-19)12-28-3/h4-7,10,13H,8-9,11-12H2,1-3H3. The summed E-state index contributed by atoms with van der Waals surface area (Å²) in [5.74, 6) is -0.847. The first-order valence-electron chi connectivity index (χ1n) is 9.44. The number of nitrogens with zero attached hydrogens (tertiary/aromatic N) is 2. The van der Waals surface area contributed by atoms with Crippen LogP contribution in [0.3, 0.4) is 0 Å². The van der Waals surface area contributed by atoms with Gasteiger partial charge >= 0.3 is 5.97 Å². The molecule has 0 amide bonds. The second-order valence-corrected chi connectivity index (χ2v) is 8.25. The van der Waals surface area contributed by atoms with E-state index in [2.05, 4.69) is 9.55 Å². The number of carbonyl (C=O) groups excluding carboxylic acids is 2. The predicted molar refractivity (Wildman–Crippen MR) is 117 cm³/mol. The first kappa shape index (κ1) is 22.2. The number of hydrogen-bond donors (Lipinski definition) is 0. The highest BCUT2D eigenvalue weighted by Crippen LogP contribution is 2.18. The summed E-state index contributed by atoms with van der Waals surface area (Å²) in [6, 6.07) is 9.58. The Bertz CT molecular complexity index is 1040. The van der Waals surface area contributed by atoms with Gasteiger partial charge in [-0.1, -0.05) is 23.7 Å². The van der Waals surface area contributed by atoms with E-state index in [9.17, 15) is 9.59 Å². The van der Waals surface area contributed by atoms with Gasteiger partial charge in [-0.15, -0.1) is 11.3 Å². The van der Waals surface area contributed by atoms with Gasteiger partial charge in [0.05, 0.1) is 6.61 Å². The van der Waals surface area contributed by atoms with Gasteiger partial charge in [-0.05, 0) is 44.0 Å². The summed E-state index contributed by atoms with van der Waals surface area (Å²) in [6.07, 6.45) is 0.823. The SMILES string of the molecule is COCc1nc(C(=O)OCC(=O)c2cc(C)n(CCc3ccc(Cl)cc3)c2C)cs1. The van der Waals surface area contributed by atoms with Crippen molar-refractivity contribution in [3.8, 4) is 0 Å². The number of esters is 1. The monoisotopic (exact) mass is 446 g/mol. The molecule has 0 fully saturated rings. The fourth-order valence-electron chi connectivity index (χ4n) is 3.20. The van der Waals surface area contributed by atoms with E-state index in [1.807, 2.05) is 44.2 Å². The molecule has 158 valence electrons. The van der Waals surface area contributed by atoms with Crippen molar-refractivity contribution in [2.24, 2.45) is 0 Å². The molecule has 0 saturated heterocycles. The normalized spacial score (nSPS) is 10.9. The fraction of sp³-hybridized carbons (Fsp3) is 0.318. The van der Waals surface area contributed by atoms with E-state index in [0.29, 0.717) is 22.2 Å². The topological polar surface area (TPSA) is 70.4 Å². The summed E-state index contributed by atoms with van der Waals surface area (Å²) in [7, 11) is 1.56. The zero-order valence-corrected chi connectivity index (χ0v) is 18.7. The number of ether oxygens (including phenoxy) is 2. The molecule has 0 spiro atoms. The van der Waals surface area contributed by atoms with Gasteiger partial charge in [-0.3, -0.25) is 4.79 Å². The minimum Gasteiger partial charge on any atom is -0.453 e. The number of aromatic nitrogens is 2. The highest BCUT2D eigenvalue weighted by Gasteiger charge is 2.19. The number of rotatable bonds is 9. The maximum atomic E-state index is 12.6. The van der Waals surface area contributed by atoms with E-state index in [1.54, 1.807) is 12.5 Å². The molecule has 0 aliphatic rings. The molecule has 0 saturated carbocycles. The molecule has 0 radical (unpaired) electrons. The summed E-state index contributed by atoms with van der Waals surface area (Å²) < 4.78 is 12.3. The maximum absolute atomic E-state index is 12.6. The Kier molecular flexibility index (Phi) is 7.42. The van der Waals surface area contributed by atoms with Crippen molar-refractivity contribution in [3.05, 3.63) is 74.0 Å². The van der Waals surface area contributed by atoms with Crippen LogP contribution in [0.2, 0.25) is 5.02 Å². The average Bonchev–Trinajstić information content (AvgIpc) is 3.30. The first-order valence-corrected chi connectivity index (χ1v) is 10.7. The van der Waals surface area contributed by atoms with Gasteiger partial charge in [0.2, 0.25) is 5.78 Å². The Morgan fingerprint density at radius 3 is 2.63 bits per heavy atom. The van der Waals surface area contributed by atoms with Crippen LogP contribution in [-0.4, -0.2) is 35.0 Å². The molecule has 0 N–H and O–H groups in total. The molecule has 0 aliphatic heterocycles. The number of Topliss-reactive ketones (excluding diaryl/α,β-unsaturated/α-hetero) is 1. The molecular formula is C22H23ClN2O4S. The summed E-state index contributed by atoms with van der Waals surface area (Å²) >= 11 is 7.25. The molecule has 0 unspecified atom stereocenters. The summed E-state index contributed by atoms with van der Waals surface area (Å²) in [6.45, 7) is 4.62. The Hall–Kier alpha value is -2.48. The van der Waals surface area contributed by atoms with Crippen LogP contribution in [-0.2, 0) is 29.0 Å². The predicted octanol–water partition coefficient (Wildman–Crippen LogP) is 4.64. The van der Waals surface area contributed by atoms with Crippen LogP contribution in [0.4, 0.5) is 0 Å². The van der Waals surface area contributed by atoms with Crippen molar-refractivity contribution in [2.75, 3.05) is 13.7 Å². The zero-order valence-electron chi connectivity index (χ0n) is 17.1. The van der Waals surface area contributed by atoms with Crippen molar-refractivity contribution < 1.29 is 19.1 Å². The minimum atomic E-state index is -0.613. The number of ketones is 1. The molecule has 30 heavy (non-hydrogen) atoms. The lowest BCUT2D eigenvalue weighted by atomic mass is 10.1. The zero-order chi connectivity index (χ0) is 21.7. The third kappa shape index (κ3) is 5.36. The Morgan fingerprint density at radius 1 is 1.20 bits per heavy atom. The van der Waals surface area contributed by atoms with Crippen LogP contribution in [0.15, 0.2) is 35.7 Å². The van der Waals surface area contributed by atoms with Crippen LogP contribution in [0.1, 0.15) is 42.8 Å². The van der Waals surface area contributed by atoms with Crippen molar-refractivity contribution in [1.29, 1.82) is 0 Å². The highest BCUT2D eigenvalue weighted by molar-refractivity contribution is 7.09. The van der Waals surface area contributed by atoms with Crippen LogP contribution in [0, 0.1) is 13.8 Å². The second-order valence-electron chi connectivity index (χ2n) is 6.87. The molecular weight excluding hydrogens is 424 g/mol. The van der Waals surface area contributed by atoms with Gasteiger partial charge in [0.25, 0.3) is 0 Å². The Labute approximate surface area is 184 Å². The van der Waals surface area contributed by atoms with E-state index >= 15 is 0 Å². The number of thiazole rings is 1. The van der Waals surface area contributed by atoms with Gasteiger partial charge in [-0.2, -0.15) is 0 Å². The number of aryl methyl sites for hydroxylation is 2. The van der Waals surface area contributed by atoms with Gasteiger partial charge in [0.1, 0.15) is 5.01 Å². The summed E-state index contributed by atoms with van der Waals surface area (Å²) in [4.78, 5) is 28.9. The summed E-state index contributed by atoms with van der Waals surface area (Å²) in [5, 5.41) is 2.99. The lowest BCUT2D eigenvalue weighted by Gasteiger charge is -2.10. The maximum Gasteiger partial charge on any atom is 0.358 e. The van der Waals surface area contributed by atoms with E-state index in [-0.39, 0.29) is 18.1 Å². The lowest BCUT2D eigenvalue weighted by molar-refractivity contribution is 0.0469. The fourth-order valence-corrected chi connectivity index (χ4v) is 4.06. The molecule has 3 rings (SSSR count). The third-order valence-electron chi connectivity index (χ3n) is 4.77. The van der Waals surface area contributed by atoms with Gasteiger partial charge < -0.3 is 14.0 Å². The Morgan fingerprint density at radius 2 is 1.93 bits per heavy atom. The van der Waals surface area contributed by atoms with Crippen LogP contribution in [0.5, 0.6) is 0 Å². The van der Waals surface area contributed by atoms with Crippen LogP contribution < -0.4 is 0 Å². The second kappa shape index (κ2) is 10.0. The molecule has 3 aromatic rings. The van der Waals surface area contributed by atoms with Crippen LogP contribution in [0.25, 0.3) is 0 Å². The van der Waals surface area contributed by atoms with Gasteiger partial charge in [-0.25, -0.2) is 9.78 Å². The third-order valence-corrected chi connectivity index (χ3v) is 5.85. The number of benzene rings is 1. The smallest absolute Gasteiger partial charge is 0.358 e. The van der Waals surface area contributed by atoms with Crippen LogP contribution >= 0.6 is 22.9 Å². The lowest BCUT2D eigenvalue weighted by Crippen LogP contribution is -2.15. The van der Waals surface area contributed by atoms with Crippen molar-refractivity contribution in [3.63, 3.8) is 0 Å². The molecule has 8 heteroatoms. The van der Waals surface area contributed by atoms with Crippen molar-refractivity contribution in [2.45, 2.75) is 33.4 Å². The molecule has 6 nitrogen and oxygen atoms in total. The van der Waals surface area contributed by atoms with E-state index < -0.39 is 5.97 Å². The van der Waals surface area contributed by atoms with E-state index in [1.165, 1.54) is 16.9 Å². The van der Waals surface area contributed by atoms with Crippen molar-refractivity contribution in [1.82, 2.24) is 9.55 Å². The molecule has 2 heterocycles. The highest BCUT2D eigenvalue weighted by atomic mass is 35.5. The number of hydrogen-bond acceptors (Lipinski definition) is 6. The minimum absolute atomic E-state index is 0.188. The first-order chi connectivity index (χ1) is 14.4. The quantitative estimate of drug-likeness (QED) is 0.353. The summed E-state index contributed by atoms with van der Waals surface area (Å²) in [5.41, 5.74) is 3.77. The van der Waals surface area contributed by atoms with Gasteiger partial charge in [0.15, 0.2) is 12.3 Å². The van der Waals surface area contributed by atoms with E-state index in [4.69, 9.17) is 21.1 Å². The number of halogens is 1. The largest absolute Gasteiger partial charge is 0.453 e. The van der Waals surface area contributed by atoms with E-state index in [0.717, 1.165) is 24.4 Å². The number of carbonyl (C=O) groups is 2. The molecule has 0 aliphatic carbocycles. The molecule has 2 aromatic heterocycles. The number of methoxy groups -OCH3 is 1. The molecule has 0 bridgehead atoms. The molecule has 1 aromatic carbocycles. The average molecular weight is 447 g/mol. The Balaban J connectivity index is 1.61. The van der Waals surface area contributed by atoms with Gasteiger partial charge in [0, 0.05) is 41.0 Å². The molecule has 0 atom stereocenters.